The largest absolute Gasteiger partial charge is 0.463 e. The average molecular weight is 198 g/mol. The van der Waals surface area contributed by atoms with Crippen LogP contribution in [0.3, 0.4) is 0 Å². The number of ether oxygens (including phenoxy) is 1. The van der Waals surface area contributed by atoms with E-state index in [-0.39, 0.29) is 18.3 Å². The van der Waals surface area contributed by atoms with Gasteiger partial charge in [0.05, 0.1) is 17.3 Å². The van der Waals surface area contributed by atoms with Crippen LogP contribution < -0.4 is 0 Å². The van der Waals surface area contributed by atoms with Gasteiger partial charge in [-0.05, 0) is 34.1 Å². The van der Waals surface area contributed by atoms with Crippen LogP contribution in [0.1, 0.15) is 34.1 Å². The van der Waals surface area contributed by atoms with Crippen molar-refractivity contribution in [1.29, 1.82) is 0 Å². The molecule has 1 saturated heterocycles. The summed E-state index contributed by atoms with van der Waals surface area (Å²) in [5.74, 6) is 0.432. The first-order valence-electron chi connectivity index (χ1n) is 5.26. The third kappa shape index (κ3) is 1.49. The van der Waals surface area contributed by atoms with E-state index in [4.69, 9.17) is 14.0 Å². The molecule has 2 atom stereocenters. The molecular formula is C10H19BO3. The maximum absolute atomic E-state index is 5.92. The number of methoxy groups -OCH3 is 1. The van der Waals surface area contributed by atoms with Crippen LogP contribution in [-0.2, 0) is 14.0 Å². The molecule has 1 heterocycles. The summed E-state index contributed by atoms with van der Waals surface area (Å²) in [5.41, 5.74) is -0.420. The van der Waals surface area contributed by atoms with Crippen molar-refractivity contribution in [2.45, 2.75) is 57.2 Å². The second-order valence-corrected chi connectivity index (χ2v) is 5.30. The molecule has 0 aromatic carbocycles. The lowest BCUT2D eigenvalue weighted by molar-refractivity contribution is 0.00578. The first-order valence-corrected chi connectivity index (χ1v) is 5.26. The lowest BCUT2D eigenvalue weighted by atomic mass is 9.82. The van der Waals surface area contributed by atoms with Crippen molar-refractivity contribution in [3.05, 3.63) is 0 Å². The molecule has 3 nitrogen and oxygen atoms in total. The Balaban J connectivity index is 2.01. The van der Waals surface area contributed by atoms with Gasteiger partial charge in [-0.15, -0.1) is 0 Å². The van der Waals surface area contributed by atoms with E-state index in [1.165, 1.54) is 0 Å². The third-order valence-electron chi connectivity index (χ3n) is 3.70. The highest BCUT2D eigenvalue weighted by Crippen LogP contribution is 2.49. The van der Waals surface area contributed by atoms with Gasteiger partial charge >= 0.3 is 7.12 Å². The standard InChI is InChI=1S/C10H19BO3/c1-9(2)10(3,4)14-11(13-9)7-6-8(7)12-5/h7-8H,6H2,1-5H3. The van der Waals surface area contributed by atoms with Gasteiger partial charge in [0.15, 0.2) is 0 Å². The van der Waals surface area contributed by atoms with Crippen LogP contribution in [-0.4, -0.2) is 31.5 Å². The fourth-order valence-corrected chi connectivity index (χ4v) is 1.81. The molecular weight excluding hydrogens is 179 g/mol. The minimum atomic E-state index is -0.210. The van der Waals surface area contributed by atoms with Crippen LogP contribution in [0.5, 0.6) is 0 Å². The van der Waals surface area contributed by atoms with E-state index in [0.717, 1.165) is 6.42 Å². The second-order valence-electron chi connectivity index (χ2n) is 5.30. The van der Waals surface area contributed by atoms with E-state index in [1.54, 1.807) is 7.11 Å². The summed E-state index contributed by atoms with van der Waals surface area (Å²) in [4.78, 5) is 0. The van der Waals surface area contributed by atoms with Gasteiger partial charge < -0.3 is 14.0 Å². The zero-order chi connectivity index (χ0) is 10.6. The Kier molecular flexibility index (Phi) is 2.22. The predicted molar refractivity (Wildman–Crippen MR) is 55.2 cm³/mol. The van der Waals surface area contributed by atoms with Gasteiger partial charge in [-0.3, -0.25) is 0 Å². The fraction of sp³-hybridized carbons (Fsp3) is 1.00. The van der Waals surface area contributed by atoms with E-state index in [1.807, 2.05) is 0 Å². The zero-order valence-electron chi connectivity index (χ0n) is 9.66. The van der Waals surface area contributed by atoms with Crippen molar-refractivity contribution in [3.63, 3.8) is 0 Å². The Morgan fingerprint density at radius 3 is 2.00 bits per heavy atom. The monoisotopic (exact) mass is 198 g/mol. The van der Waals surface area contributed by atoms with Crippen LogP contribution in [0, 0.1) is 0 Å². The molecule has 2 rings (SSSR count). The minimum Gasteiger partial charge on any atom is -0.403 e. The predicted octanol–water partition coefficient (Wildman–Crippen LogP) is 1.87. The van der Waals surface area contributed by atoms with Crippen molar-refractivity contribution in [3.8, 4) is 0 Å². The molecule has 0 aromatic heterocycles. The lowest BCUT2D eigenvalue weighted by Crippen LogP contribution is -2.41. The summed E-state index contributed by atoms with van der Waals surface area (Å²) in [5, 5.41) is 0. The maximum atomic E-state index is 5.92. The van der Waals surface area contributed by atoms with Gasteiger partial charge in [-0.1, -0.05) is 0 Å². The van der Waals surface area contributed by atoms with E-state index in [2.05, 4.69) is 27.7 Å². The van der Waals surface area contributed by atoms with Crippen molar-refractivity contribution >= 4 is 7.12 Å². The molecule has 1 aliphatic carbocycles. The number of hydrogen-bond acceptors (Lipinski definition) is 3. The molecule has 0 amide bonds. The first-order chi connectivity index (χ1) is 6.37. The van der Waals surface area contributed by atoms with Crippen LogP contribution in [0.2, 0.25) is 5.82 Å². The van der Waals surface area contributed by atoms with Crippen molar-refractivity contribution in [2.24, 2.45) is 0 Å². The highest BCUT2D eigenvalue weighted by atomic mass is 16.7. The topological polar surface area (TPSA) is 27.7 Å². The summed E-state index contributed by atoms with van der Waals surface area (Å²) in [7, 11) is 1.67. The Morgan fingerprint density at radius 2 is 1.64 bits per heavy atom. The van der Waals surface area contributed by atoms with Gasteiger partial charge in [0.2, 0.25) is 0 Å². The number of rotatable bonds is 2. The van der Waals surface area contributed by atoms with Gasteiger partial charge in [0, 0.05) is 12.9 Å². The van der Waals surface area contributed by atoms with Crippen LogP contribution >= 0.6 is 0 Å². The molecule has 0 bridgehead atoms. The zero-order valence-corrected chi connectivity index (χ0v) is 9.66. The van der Waals surface area contributed by atoms with Crippen molar-refractivity contribution < 1.29 is 14.0 Å². The highest BCUT2D eigenvalue weighted by Gasteiger charge is 2.59. The van der Waals surface area contributed by atoms with Gasteiger partial charge in [-0.25, -0.2) is 0 Å². The first kappa shape index (κ1) is 10.5. The Morgan fingerprint density at radius 1 is 1.14 bits per heavy atom. The van der Waals surface area contributed by atoms with Crippen LogP contribution in [0.15, 0.2) is 0 Å². The van der Waals surface area contributed by atoms with Gasteiger partial charge in [0.25, 0.3) is 0 Å². The summed E-state index contributed by atoms with van der Waals surface area (Å²) in [6.07, 6.45) is 1.40. The van der Waals surface area contributed by atoms with Gasteiger partial charge in [-0.2, -0.15) is 0 Å². The van der Waals surface area contributed by atoms with E-state index in [0.29, 0.717) is 11.9 Å². The van der Waals surface area contributed by atoms with E-state index < -0.39 is 0 Å². The van der Waals surface area contributed by atoms with Crippen molar-refractivity contribution in [1.82, 2.24) is 0 Å². The van der Waals surface area contributed by atoms with E-state index in [9.17, 15) is 0 Å². The summed E-state index contributed by atoms with van der Waals surface area (Å²) < 4.78 is 17.1. The Hall–Kier alpha value is -0.0551. The van der Waals surface area contributed by atoms with Crippen molar-refractivity contribution in [2.75, 3.05) is 7.11 Å². The Labute approximate surface area is 86.2 Å². The quantitative estimate of drug-likeness (QED) is 0.634. The SMILES string of the molecule is COC1CC1B1OC(C)(C)C(C)(C)O1. The molecule has 80 valence electrons. The second kappa shape index (κ2) is 2.97. The summed E-state index contributed by atoms with van der Waals surface area (Å²) >= 11 is 0. The van der Waals surface area contributed by atoms with Crippen LogP contribution in [0.4, 0.5) is 0 Å². The summed E-state index contributed by atoms with van der Waals surface area (Å²) in [6, 6.07) is 0. The number of hydrogen-bond donors (Lipinski definition) is 0. The molecule has 1 saturated carbocycles. The third-order valence-corrected chi connectivity index (χ3v) is 3.70. The average Bonchev–Trinajstić information content (AvgIpc) is 2.75. The maximum Gasteiger partial charge on any atom is 0.463 e. The minimum absolute atomic E-state index is 0.0788. The summed E-state index contributed by atoms with van der Waals surface area (Å²) in [6.45, 7) is 8.32. The molecule has 14 heavy (non-hydrogen) atoms. The molecule has 1 aliphatic heterocycles. The molecule has 2 fully saturated rings. The molecule has 2 aliphatic rings. The molecule has 0 aromatic rings. The van der Waals surface area contributed by atoms with E-state index >= 15 is 0 Å². The molecule has 0 N–H and O–H groups in total. The molecule has 2 unspecified atom stereocenters. The van der Waals surface area contributed by atoms with Gasteiger partial charge in [0.1, 0.15) is 0 Å². The fourth-order valence-electron chi connectivity index (χ4n) is 1.81. The lowest BCUT2D eigenvalue weighted by Gasteiger charge is -2.32. The molecule has 4 heteroatoms. The Bertz CT molecular complexity index is 224. The smallest absolute Gasteiger partial charge is 0.403 e. The highest BCUT2D eigenvalue weighted by molar-refractivity contribution is 6.49. The van der Waals surface area contributed by atoms with Crippen LogP contribution in [0.25, 0.3) is 0 Å². The molecule has 0 spiro atoms. The molecule has 0 radical (unpaired) electrons. The normalized spacial score (nSPS) is 38.8.